The predicted molar refractivity (Wildman–Crippen MR) is 117 cm³/mol. The van der Waals surface area contributed by atoms with Gasteiger partial charge in [0.1, 0.15) is 11.6 Å². The van der Waals surface area contributed by atoms with Gasteiger partial charge < -0.3 is 24.8 Å². The maximum absolute atomic E-state index is 13.6. The smallest absolute Gasteiger partial charge is 0.312 e. The van der Waals surface area contributed by atoms with Crippen LogP contribution < -0.4 is 5.32 Å². The van der Waals surface area contributed by atoms with Gasteiger partial charge in [0.05, 0.1) is 35.3 Å². The van der Waals surface area contributed by atoms with Crippen molar-refractivity contribution in [3.8, 4) is 0 Å². The minimum absolute atomic E-state index is 0.0760. The van der Waals surface area contributed by atoms with Gasteiger partial charge in [0.15, 0.2) is 0 Å². The zero-order valence-electron chi connectivity index (χ0n) is 18.1. The maximum Gasteiger partial charge on any atom is 0.312 e. The number of likely N-dealkylation sites (tertiary alicyclic amines) is 1. The van der Waals surface area contributed by atoms with Gasteiger partial charge in [-0.25, -0.2) is 0 Å². The van der Waals surface area contributed by atoms with Crippen molar-refractivity contribution < 1.29 is 29.0 Å². The van der Waals surface area contributed by atoms with Gasteiger partial charge in [-0.15, -0.1) is 0 Å². The molecule has 9 heteroatoms. The Bertz CT molecular complexity index is 895. The van der Waals surface area contributed by atoms with E-state index in [0.717, 1.165) is 6.42 Å². The topological polar surface area (TPSA) is 105 Å². The van der Waals surface area contributed by atoms with Crippen molar-refractivity contribution in [2.45, 2.75) is 56.8 Å². The minimum atomic E-state index is -1.05. The van der Waals surface area contributed by atoms with Crippen molar-refractivity contribution in [2.24, 2.45) is 11.8 Å². The monoisotopic (exact) mass is 464 g/mol. The Balaban J connectivity index is 1.65. The van der Waals surface area contributed by atoms with Crippen LogP contribution in [0.4, 0.5) is 5.69 Å². The van der Waals surface area contributed by atoms with Crippen LogP contribution in [0.15, 0.2) is 24.3 Å². The average Bonchev–Trinajstić information content (AvgIpc) is 3.40. The molecule has 3 saturated heterocycles. The zero-order chi connectivity index (χ0) is 22.9. The predicted octanol–water partition coefficient (Wildman–Crippen LogP) is 2.38. The number of para-hydroxylation sites is 1. The molecule has 3 heterocycles. The number of nitrogens with zero attached hydrogens (tertiary/aromatic N) is 1. The highest BCUT2D eigenvalue weighted by Gasteiger charge is 2.74. The number of unbranched alkanes of at least 4 members (excludes halogenated alkanes) is 2. The van der Waals surface area contributed by atoms with Crippen LogP contribution in [0.5, 0.6) is 0 Å². The van der Waals surface area contributed by atoms with Crippen LogP contribution in [0.3, 0.4) is 0 Å². The summed E-state index contributed by atoms with van der Waals surface area (Å²) >= 11 is 6.23. The third kappa shape index (κ3) is 3.78. The first-order valence-corrected chi connectivity index (χ1v) is 11.6. The molecule has 5 atom stereocenters. The van der Waals surface area contributed by atoms with E-state index in [2.05, 4.69) is 5.32 Å². The number of benzene rings is 1. The van der Waals surface area contributed by atoms with Gasteiger partial charge in [0.2, 0.25) is 11.8 Å². The number of hydrogen-bond acceptors (Lipinski definition) is 6. The lowest BCUT2D eigenvalue weighted by molar-refractivity contribution is -0.154. The third-order valence-electron chi connectivity index (χ3n) is 6.80. The lowest BCUT2D eigenvalue weighted by Crippen LogP contribution is -2.53. The van der Waals surface area contributed by atoms with Crippen LogP contribution in [0.25, 0.3) is 0 Å². The van der Waals surface area contributed by atoms with E-state index in [9.17, 15) is 14.4 Å². The minimum Gasteiger partial charge on any atom is -0.466 e. The number of rotatable bonds is 9. The Morgan fingerprint density at radius 2 is 2.09 bits per heavy atom. The quantitative estimate of drug-likeness (QED) is 0.429. The van der Waals surface area contributed by atoms with E-state index < -0.39 is 35.6 Å². The van der Waals surface area contributed by atoms with Crippen LogP contribution in [-0.4, -0.2) is 65.3 Å². The van der Waals surface area contributed by atoms with Gasteiger partial charge in [0, 0.05) is 13.2 Å². The van der Waals surface area contributed by atoms with Crippen LogP contribution >= 0.6 is 11.6 Å². The summed E-state index contributed by atoms with van der Waals surface area (Å²) in [5, 5.41) is 12.3. The molecule has 0 unspecified atom stereocenters. The molecule has 3 aliphatic heterocycles. The number of nitrogens with one attached hydrogen (secondary N) is 1. The third-order valence-corrected chi connectivity index (χ3v) is 7.13. The zero-order valence-corrected chi connectivity index (χ0v) is 18.8. The standard InChI is InChI=1S/C23H29ClN2O6/c1-2-31-22(30)17-16-10-11-23(32-16)18(17)21(29)26(12-6-3-7-13-27)19(23)20(28)25-15-9-5-4-8-14(15)24/h4-5,8-9,16-19,27H,2-3,6-7,10-13H2,1H3,(H,25,28)/t16-,17+,18+,19-,23+/m1/s1. The number of anilines is 1. The number of fused-ring (bicyclic) bond motifs is 1. The number of esters is 1. The largest absolute Gasteiger partial charge is 0.466 e. The van der Waals surface area contributed by atoms with Crippen molar-refractivity contribution in [3.05, 3.63) is 29.3 Å². The maximum atomic E-state index is 13.6. The number of carbonyl (C=O) groups is 3. The molecule has 1 spiro atoms. The highest BCUT2D eigenvalue weighted by atomic mass is 35.5. The molecular formula is C23H29ClN2O6. The van der Waals surface area contributed by atoms with Crippen molar-refractivity contribution in [1.82, 2.24) is 4.90 Å². The Morgan fingerprint density at radius 1 is 1.31 bits per heavy atom. The van der Waals surface area contributed by atoms with Gasteiger partial charge in [0.25, 0.3) is 0 Å². The second-order valence-corrected chi connectivity index (χ2v) is 9.00. The molecule has 4 rings (SSSR count). The van der Waals surface area contributed by atoms with E-state index in [1.807, 2.05) is 0 Å². The normalized spacial score (nSPS) is 30.5. The molecule has 2 amide bonds. The number of ether oxygens (including phenoxy) is 2. The van der Waals surface area contributed by atoms with Crippen LogP contribution in [0, 0.1) is 11.8 Å². The van der Waals surface area contributed by atoms with Crippen molar-refractivity contribution in [2.75, 3.05) is 25.1 Å². The Labute approximate surface area is 192 Å². The molecule has 1 aromatic carbocycles. The summed E-state index contributed by atoms with van der Waals surface area (Å²) in [4.78, 5) is 41.4. The summed E-state index contributed by atoms with van der Waals surface area (Å²) in [6, 6.07) is 6.05. The molecule has 0 saturated carbocycles. The van der Waals surface area contributed by atoms with E-state index in [1.54, 1.807) is 36.1 Å². The number of aliphatic hydroxyl groups is 1. The van der Waals surface area contributed by atoms with Gasteiger partial charge >= 0.3 is 5.97 Å². The fraction of sp³-hybridized carbons (Fsp3) is 0.609. The Morgan fingerprint density at radius 3 is 2.81 bits per heavy atom. The summed E-state index contributed by atoms with van der Waals surface area (Å²) in [5.74, 6) is -2.49. The van der Waals surface area contributed by atoms with Crippen molar-refractivity contribution >= 4 is 35.1 Å². The molecule has 1 aromatic rings. The first kappa shape index (κ1) is 23.0. The van der Waals surface area contributed by atoms with Crippen molar-refractivity contribution in [1.29, 1.82) is 0 Å². The molecule has 0 aliphatic carbocycles. The molecule has 8 nitrogen and oxygen atoms in total. The molecule has 3 aliphatic rings. The van der Waals surface area contributed by atoms with Gasteiger partial charge in [-0.3, -0.25) is 14.4 Å². The number of hydrogen-bond donors (Lipinski definition) is 2. The second-order valence-electron chi connectivity index (χ2n) is 8.59. The van der Waals surface area contributed by atoms with Crippen LogP contribution in [0.2, 0.25) is 5.02 Å². The summed E-state index contributed by atoms with van der Waals surface area (Å²) in [6.07, 6.45) is 2.69. The molecule has 32 heavy (non-hydrogen) atoms. The average molecular weight is 465 g/mol. The van der Waals surface area contributed by atoms with Crippen molar-refractivity contribution in [3.63, 3.8) is 0 Å². The molecule has 174 valence electrons. The molecule has 3 fully saturated rings. The van der Waals surface area contributed by atoms with Gasteiger partial charge in [-0.2, -0.15) is 0 Å². The van der Waals surface area contributed by atoms with E-state index in [-0.39, 0.29) is 25.0 Å². The summed E-state index contributed by atoms with van der Waals surface area (Å²) < 4.78 is 11.5. The molecule has 2 N–H and O–H groups in total. The Kier molecular flexibility index (Phi) is 6.74. The van der Waals surface area contributed by atoms with Crippen LogP contribution in [-0.2, 0) is 23.9 Å². The van der Waals surface area contributed by atoms with E-state index in [0.29, 0.717) is 42.9 Å². The number of aliphatic hydroxyl groups excluding tert-OH is 1. The fourth-order valence-electron chi connectivity index (χ4n) is 5.53. The molecule has 0 radical (unpaired) electrons. The lowest BCUT2D eigenvalue weighted by atomic mass is 9.71. The first-order chi connectivity index (χ1) is 15.4. The highest BCUT2D eigenvalue weighted by Crippen LogP contribution is 2.58. The van der Waals surface area contributed by atoms with E-state index >= 15 is 0 Å². The van der Waals surface area contributed by atoms with E-state index in [1.165, 1.54) is 0 Å². The first-order valence-electron chi connectivity index (χ1n) is 11.3. The van der Waals surface area contributed by atoms with Gasteiger partial charge in [-0.05, 0) is 51.2 Å². The van der Waals surface area contributed by atoms with Gasteiger partial charge in [-0.1, -0.05) is 23.7 Å². The summed E-state index contributed by atoms with van der Waals surface area (Å²) in [7, 11) is 0. The fourth-order valence-corrected chi connectivity index (χ4v) is 5.72. The number of halogens is 1. The number of amides is 2. The Hall–Kier alpha value is -2.16. The van der Waals surface area contributed by atoms with Crippen LogP contribution in [0.1, 0.15) is 39.0 Å². The number of carbonyl (C=O) groups excluding carboxylic acids is 3. The summed E-state index contributed by atoms with van der Waals surface area (Å²) in [6.45, 7) is 2.37. The molecular weight excluding hydrogens is 436 g/mol. The lowest BCUT2D eigenvalue weighted by Gasteiger charge is -2.33. The second kappa shape index (κ2) is 9.37. The molecule has 0 aromatic heterocycles. The van der Waals surface area contributed by atoms with E-state index in [4.69, 9.17) is 26.2 Å². The summed E-state index contributed by atoms with van der Waals surface area (Å²) in [5.41, 5.74) is -0.595. The molecule has 2 bridgehead atoms. The SMILES string of the molecule is CCOC(=O)[C@@H]1[C@H]2C(=O)N(CCCCCO)[C@H](C(=O)Nc3ccccc3Cl)[C@]23CC[C@H]1O3. The highest BCUT2D eigenvalue weighted by molar-refractivity contribution is 6.33.